The van der Waals surface area contributed by atoms with Crippen molar-refractivity contribution < 1.29 is 90.1 Å². The first-order chi connectivity index (χ1) is 44.2. The molecular formula is C63H94F2N10O17. The molecule has 27 nitrogen and oxygen atoms in total. The summed E-state index contributed by atoms with van der Waals surface area (Å²) in [6.45, 7) is 14.2. The number of primary amides is 1. The molecule has 0 fully saturated rings. The summed E-state index contributed by atoms with van der Waals surface area (Å²) in [7, 11) is 0. The number of benzene rings is 2. The number of hydrogen-bond donors (Lipinski definition) is 7. The molecule has 0 spiro atoms. The van der Waals surface area contributed by atoms with Crippen LogP contribution in [0.2, 0.25) is 0 Å². The average Bonchev–Trinajstić information content (AvgIpc) is 1.58. The highest BCUT2D eigenvalue weighted by molar-refractivity contribution is 6.13. The van der Waals surface area contributed by atoms with Crippen molar-refractivity contribution in [1.29, 1.82) is 0 Å². The number of urea groups is 1. The Kier molecular flexibility index (Phi) is 36.4. The molecule has 1 aromatic heterocycles. The highest BCUT2D eigenvalue weighted by atomic mass is 19.1. The van der Waals surface area contributed by atoms with E-state index >= 15 is 4.39 Å². The third-order valence-corrected chi connectivity index (χ3v) is 13.9. The van der Waals surface area contributed by atoms with Gasteiger partial charge >= 0.3 is 6.03 Å². The number of halogens is 2. The quantitative estimate of drug-likeness (QED) is 0.0315. The summed E-state index contributed by atoms with van der Waals surface area (Å²) in [4.78, 5) is 108. The predicted octanol–water partition coefficient (Wildman–Crippen LogP) is 2.32. The maximum atomic E-state index is 15.2. The first-order valence-electron chi connectivity index (χ1n) is 31.0. The number of aliphatic hydroxyl groups excluding tert-OH is 1. The van der Waals surface area contributed by atoms with E-state index in [0.29, 0.717) is 98.3 Å². The van der Waals surface area contributed by atoms with E-state index in [1.165, 1.54) is 17.1 Å². The smallest absolute Gasteiger partial charge is 0.312 e. The second-order valence-corrected chi connectivity index (χ2v) is 22.6. The van der Waals surface area contributed by atoms with Gasteiger partial charge in [-0.25, -0.2) is 18.6 Å². The number of amides is 9. The minimum Gasteiger partial charge on any atom is -0.387 e. The van der Waals surface area contributed by atoms with Crippen molar-refractivity contribution >= 4 is 47.4 Å². The van der Waals surface area contributed by atoms with Crippen LogP contribution in [0.5, 0.6) is 0 Å². The van der Waals surface area contributed by atoms with Gasteiger partial charge in [-0.05, 0) is 54.4 Å². The van der Waals surface area contributed by atoms with E-state index in [0.717, 1.165) is 28.7 Å². The third-order valence-electron chi connectivity index (χ3n) is 13.9. The number of hydrogen-bond acceptors (Lipinski definition) is 18. The molecule has 3 aromatic rings. The van der Waals surface area contributed by atoms with E-state index < -0.39 is 89.2 Å². The molecule has 92 heavy (non-hydrogen) atoms. The van der Waals surface area contributed by atoms with E-state index in [1.807, 2.05) is 51.1 Å². The lowest BCUT2D eigenvalue weighted by Crippen LogP contribution is -2.55. The largest absolute Gasteiger partial charge is 0.387 e. The van der Waals surface area contributed by atoms with E-state index in [2.05, 4.69) is 26.6 Å². The molecule has 1 unspecified atom stereocenters. The molecule has 0 saturated carbocycles. The fraction of sp³-hybridized carbons (Fsp3) is 0.603. The fourth-order valence-corrected chi connectivity index (χ4v) is 9.30. The van der Waals surface area contributed by atoms with Crippen LogP contribution in [-0.2, 0) is 78.0 Å². The highest BCUT2D eigenvalue weighted by Crippen LogP contribution is 2.39. The molecule has 8 N–H and O–H groups in total. The van der Waals surface area contributed by atoms with Crippen LogP contribution >= 0.6 is 0 Å². The van der Waals surface area contributed by atoms with E-state index in [-0.39, 0.29) is 102 Å². The number of carbonyl (C=O) groups is 8. The first-order valence-corrected chi connectivity index (χ1v) is 31.0. The zero-order valence-electron chi connectivity index (χ0n) is 53.6. The van der Waals surface area contributed by atoms with Crippen LogP contribution in [0.4, 0.5) is 13.6 Å². The molecule has 2 aromatic carbocycles. The topological polar surface area (TPSA) is 341 Å². The SMILES string of the molecule is CC(C)C(NC(=O)CCOCCOCCOCCOCCOCCOCCOCCOCCNC(=O)CCN1C(=O)C=CC1=O)C(=O)N[C@@H](CCCNC(N)=O)C(=O)NCCCN(C(=O)CO)[C@@H](c1nc(-c2cc(F)ccc2F)cn1Cc1ccccc1)C(C)(C)C. The molecule has 9 amide bonds. The summed E-state index contributed by atoms with van der Waals surface area (Å²) in [6, 6.07) is 8.74. The molecule has 1 aliphatic rings. The minimum absolute atomic E-state index is 0.0130. The summed E-state index contributed by atoms with van der Waals surface area (Å²) >= 11 is 0. The van der Waals surface area contributed by atoms with E-state index in [4.69, 9.17) is 48.6 Å². The van der Waals surface area contributed by atoms with Crippen molar-refractivity contribution in [2.24, 2.45) is 17.1 Å². The zero-order chi connectivity index (χ0) is 67.1. The van der Waals surface area contributed by atoms with Crippen LogP contribution in [0.15, 0.2) is 66.9 Å². The fourth-order valence-electron chi connectivity index (χ4n) is 9.30. The van der Waals surface area contributed by atoms with Crippen LogP contribution in [0.3, 0.4) is 0 Å². The number of ether oxygens (including phenoxy) is 8. The normalized spacial score (nSPS) is 13.3. The molecule has 29 heteroatoms. The Bertz CT molecular complexity index is 2750. The molecule has 0 saturated heterocycles. The van der Waals surface area contributed by atoms with Crippen LogP contribution in [0.1, 0.15) is 84.2 Å². The predicted molar refractivity (Wildman–Crippen MR) is 332 cm³/mol. The first kappa shape index (κ1) is 77.1. The van der Waals surface area contributed by atoms with Gasteiger partial charge < -0.3 is 84.8 Å². The molecule has 0 radical (unpaired) electrons. The molecule has 512 valence electrons. The van der Waals surface area contributed by atoms with Crippen molar-refractivity contribution in [1.82, 2.24) is 45.9 Å². The Morgan fingerprint density at radius 3 is 1.73 bits per heavy atom. The number of imidazole rings is 1. The Hall–Kier alpha value is -7.35. The minimum atomic E-state index is -1.12. The number of carbonyl (C=O) groups excluding carboxylic acids is 8. The lowest BCUT2D eigenvalue weighted by molar-refractivity contribution is -0.140. The van der Waals surface area contributed by atoms with Crippen LogP contribution in [-0.4, -0.2) is 229 Å². The summed E-state index contributed by atoms with van der Waals surface area (Å²) in [5.41, 5.74) is 5.46. The molecule has 2 heterocycles. The lowest BCUT2D eigenvalue weighted by atomic mass is 9.84. The second kappa shape index (κ2) is 43.5. The van der Waals surface area contributed by atoms with Gasteiger partial charge in [0.05, 0.1) is 117 Å². The molecule has 0 bridgehead atoms. The number of nitrogens with two attached hydrogens (primary N) is 1. The van der Waals surface area contributed by atoms with E-state index in [9.17, 15) is 47.9 Å². The van der Waals surface area contributed by atoms with Gasteiger partial charge in [0.25, 0.3) is 11.8 Å². The van der Waals surface area contributed by atoms with E-state index in [1.54, 1.807) is 24.6 Å². The third kappa shape index (κ3) is 29.9. The van der Waals surface area contributed by atoms with Gasteiger partial charge in [0.1, 0.15) is 36.1 Å². The van der Waals surface area contributed by atoms with Gasteiger partial charge in [0.15, 0.2) is 0 Å². The molecule has 1 aliphatic heterocycles. The summed E-state index contributed by atoms with van der Waals surface area (Å²) in [5.74, 6) is -4.79. The highest BCUT2D eigenvalue weighted by Gasteiger charge is 2.38. The Morgan fingerprint density at radius 1 is 0.652 bits per heavy atom. The van der Waals surface area contributed by atoms with Gasteiger partial charge in [-0.3, -0.25) is 38.5 Å². The monoisotopic (exact) mass is 1300 g/mol. The average molecular weight is 1300 g/mol. The maximum Gasteiger partial charge on any atom is 0.312 e. The van der Waals surface area contributed by atoms with Crippen molar-refractivity contribution in [2.75, 3.05) is 145 Å². The van der Waals surface area contributed by atoms with Gasteiger partial charge in [-0.1, -0.05) is 65.0 Å². The Morgan fingerprint density at radius 2 is 1.20 bits per heavy atom. The number of aliphatic hydroxyl groups is 1. The lowest BCUT2D eigenvalue weighted by Gasteiger charge is -2.40. The van der Waals surface area contributed by atoms with Crippen molar-refractivity contribution in [3.8, 4) is 11.3 Å². The molecule has 3 atom stereocenters. The van der Waals surface area contributed by atoms with Gasteiger partial charge in [-0.2, -0.15) is 0 Å². The molecule has 4 rings (SSSR count). The van der Waals surface area contributed by atoms with Crippen molar-refractivity contribution in [2.45, 2.75) is 91.4 Å². The van der Waals surface area contributed by atoms with Gasteiger partial charge in [0, 0.05) is 76.0 Å². The molecular weight excluding hydrogens is 1210 g/mol. The van der Waals surface area contributed by atoms with Crippen molar-refractivity contribution in [3.63, 3.8) is 0 Å². The van der Waals surface area contributed by atoms with Crippen molar-refractivity contribution in [3.05, 3.63) is 89.9 Å². The Labute approximate surface area is 536 Å². The van der Waals surface area contributed by atoms with Crippen LogP contribution < -0.4 is 32.3 Å². The van der Waals surface area contributed by atoms with Crippen LogP contribution in [0.25, 0.3) is 11.3 Å². The summed E-state index contributed by atoms with van der Waals surface area (Å²) in [5, 5.41) is 23.8. The number of nitrogens with one attached hydrogen (secondary N) is 5. The van der Waals surface area contributed by atoms with Crippen LogP contribution in [0, 0.1) is 23.0 Å². The Balaban J connectivity index is 1.08. The summed E-state index contributed by atoms with van der Waals surface area (Å²) in [6.07, 6.45) is 4.42. The number of nitrogens with zero attached hydrogens (tertiary/aromatic N) is 4. The maximum absolute atomic E-state index is 15.2. The number of rotatable bonds is 49. The summed E-state index contributed by atoms with van der Waals surface area (Å²) < 4.78 is 75.5. The van der Waals surface area contributed by atoms with Gasteiger partial charge in [-0.15, -0.1) is 0 Å². The second-order valence-electron chi connectivity index (χ2n) is 22.6. The molecule has 0 aliphatic carbocycles. The number of imide groups is 1. The van der Waals surface area contributed by atoms with Gasteiger partial charge in [0.2, 0.25) is 29.5 Å². The zero-order valence-corrected chi connectivity index (χ0v) is 53.6. The number of aromatic nitrogens is 2. The standard InChI is InChI=1S/C63H94F2N10O17/c1-45(2)57(72-53(78)19-25-85-27-29-87-31-33-89-35-37-91-39-40-92-38-36-90-34-32-88-30-28-86-26-22-67-52(77)18-24-74-54(79)16-17-55(74)80)61(83)71-50(13-9-20-69-62(66)84)60(82)68-21-10-23-75(56(81)44-76)58(63(3,4)5)59-70-51(48-41-47(64)14-15-49(48)65)43-73(59)42-46-11-7-6-8-12-46/h6-8,11-12,14-17,41,43,45,50,57-58,76H,9-10,13,18-40,42,44H2,1-5H3,(H,67,77)(H,68,82)(H,71,83)(H,72,78)(H3,66,69,84)/t50-,57?,58-/m0/s1.